The number of rotatable bonds is 3. The molecule has 11 heavy (non-hydrogen) atoms. The fourth-order valence-electron chi connectivity index (χ4n) is 0.242. The molecular formula is C4H14NO5P. The maximum Gasteiger partial charge on any atom is 0.469 e. The third kappa shape index (κ3) is 13.1. The molecule has 6 nitrogen and oxygen atoms in total. The van der Waals surface area contributed by atoms with Gasteiger partial charge in [0.2, 0.25) is 0 Å². The summed E-state index contributed by atoms with van der Waals surface area (Å²) in [7, 11) is -4.42. The Hall–Kier alpha value is 0.0300. The Bertz CT molecular complexity index is 147. The topological polar surface area (TPSA) is 122 Å². The quantitative estimate of drug-likeness (QED) is 0.462. The Labute approximate surface area is 65.0 Å². The van der Waals surface area contributed by atoms with E-state index in [-0.39, 0.29) is 12.8 Å². The summed E-state index contributed by atoms with van der Waals surface area (Å²) in [6, 6.07) is 0. The largest absolute Gasteiger partial charge is 0.469 e. The third-order valence-electron chi connectivity index (χ3n) is 0.586. The summed E-state index contributed by atoms with van der Waals surface area (Å²) in [4.78, 5) is 16.3. The van der Waals surface area contributed by atoms with Crippen molar-refractivity contribution in [3.05, 3.63) is 0 Å². The van der Waals surface area contributed by atoms with E-state index >= 15 is 0 Å². The molecule has 0 aromatic heterocycles. The highest BCUT2D eigenvalue weighted by Gasteiger charge is 2.20. The van der Waals surface area contributed by atoms with Gasteiger partial charge in [-0.2, -0.15) is 0 Å². The molecule has 70 valence electrons. The first kappa shape index (κ1) is 13.6. The molecule has 0 saturated heterocycles. The van der Waals surface area contributed by atoms with Crippen molar-refractivity contribution in [3.63, 3.8) is 0 Å². The minimum Gasteiger partial charge on any atom is -0.388 e. The van der Waals surface area contributed by atoms with E-state index in [0.717, 1.165) is 0 Å². The highest BCUT2D eigenvalue weighted by atomic mass is 31.2. The Morgan fingerprint density at radius 3 is 1.91 bits per heavy atom. The fraction of sp³-hybridized carbons (Fsp3) is 1.00. The molecule has 0 radical (unpaired) electrons. The van der Waals surface area contributed by atoms with Gasteiger partial charge < -0.3 is 21.0 Å². The van der Waals surface area contributed by atoms with Gasteiger partial charge in [0, 0.05) is 0 Å². The van der Waals surface area contributed by atoms with Gasteiger partial charge in [0.15, 0.2) is 0 Å². The summed E-state index contributed by atoms with van der Waals surface area (Å²) in [5, 5.41) is 8.91. The van der Waals surface area contributed by atoms with E-state index in [1.807, 2.05) is 0 Å². The Morgan fingerprint density at radius 2 is 1.82 bits per heavy atom. The van der Waals surface area contributed by atoms with E-state index in [1.54, 1.807) is 0 Å². The van der Waals surface area contributed by atoms with Gasteiger partial charge in [-0.3, -0.25) is 4.52 Å². The number of phosphoric acid groups is 1. The van der Waals surface area contributed by atoms with Gasteiger partial charge in [0.1, 0.15) is 0 Å². The van der Waals surface area contributed by atoms with Crippen LogP contribution in [0.3, 0.4) is 0 Å². The molecule has 0 rings (SSSR count). The highest BCUT2D eigenvalue weighted by molar-refractivity contribution is 7.46. The molecule has 0 saturated carbocycles. The minimum atomic E-state index is -4.42. The van der Waals surface area contributed by atoms with Gasteiger partial charge in [-0.05, 0) is 13.8 Å². The summed E-state index contributed by atoms with van der Waals surface area (Å²) < 4.78 is 14.0. The molecule has 0 aromatic carbocycles. The summed E-state index contributed by atoms with van der Waals surface area (Å²) >= 11 is 0. The smallest absolute Gasteiger partial charge is 0.388 e. The van der Waals surface area contributed by atoms with Crippen LogP contribution in [0.5, 0.6) is 0 Å². The van der Waals surface area contributed by atoms with Crippen LogP contribution in [0.4, 0.5) is 0 Å². The lowest BCUT2D eigenvalue weighted by atomic mass is 10.2. The van der Waals surface area contributed by atoms with Gasteiger partial charge in [0.25, 0.3) is 0 Å². The van der Waals surface area contributed by atoms with E-state index < -0.39 is 13.4 Å². The molecule has 0 bridgehead atoms. The molecule has 6 N–H and O–H groups in total. The van der Waals surface area contributed by atoms with Crippen molar-refractivity contribution in [3.8, 4) is 0 Å². The van der Waals surface area contributed by atoms with Crippen molar-refractivity contribution in [1.29, 1.82) is 0 Å². The van der Waals surface area contributed by atoms with Crippen LogP contribution in [0, 0.1) is 0 Å². The van der Waals surface area contributed by atoms with Crippen LogP contribution < -0.4 is 6.15 Å². The lowest BCUT2D eigenvalue weighted by Gasteiger charge is -2.16. The van der Waals surface area contributed by atoms with Crippen molar-refractivity contribution < 1.29 is 24.0 Å². The van der Waals surface area contributed by atoms with Crippen LogP contribution in [-0.4, -0.2) is 27.1 Å². The van der Waals surface area contributed by atoms with Gasteiger partial charge in [-0.1, -0.05) is 0 Å². The number of hydrogen-bond acceptors (Lipinski definition) is 4. The Morgan fingerprint density at radius 1 is 1.45 bits per heavy atom. The second kappa shape index (κ2) is 4.15. The van der Waals surface area contributed by atoms with E-state index in [4.69, 9.17) is 14.9 Å². The monoisotopic (exact) mass is 187 g/mol. The highest BCUT2D eigenvalue weighted by Crippen LogP contribution is 2.36. The zero-order chi connectivity index (χ0) is 8.41. The van der Waals surface area contributed by atoms with Crippen molar-refractivity contribution in [2.24, 2.45) is 0 Å². The second-order valence-electron chi connectivity index (χ2n) is 2.58. The predicted octanol–water partition coefficient (Wildman–Crippen LogP) is 0.0286. The maximum atomic E-state index is 10.0. The van der Waals surface area contributed by atoms with Crippen molar-refractivity contribution >= 4 is 7.82 Å². The zero-order valence-corrected chi connectivity index (χ0v) is 7.41. The molecule has 0 unspecified atom stereocenters. The SMILES string of the molecule is CC(C)(O)COP(=O)(O)O.N. The first-order chi connectivity index (χ1) is 4.21. The van der Waals surface area contributed by atoms with Crippen LogP contribution in [0.2, 0.25) is 0 Å². The molecule has 0 aliphatic carbocycles. The summed E-state index contributed by atoms with van der Waals surface area (Å²) in [6.07, 6.45) is 0. The lowest BCUT2D eigenvalue weighted by Crippen LogP contribution is -2.25. The average Bonchev–Trinajstić information content (AvgIpc) is 1.57. The van der Waals surface area contributed by atoms with E-state index in [9.17, 15) is 4.57 Å². The predicted molar refractivity (Wildman–Crippen MR) is 39.3 cm³/mol. The summed E-state index contributed by atoms with van der Waals surface area (Å²) in [5.41, 5.74) is -1.21. The Balaban J connectivity index is 0. The van der Waals surface area contributed by atoms with Crippen LogP contribution in [-0.2, 0) is 9.09 Å². The molecule has 0 spiro atoms. The molecule has 0 aliphatic heterocycles. The number of hydrogen-bond donors (Lipinski definition) is 4. The molecule has 0 aromatic rings. The van der Waals surface area contributed by atoms with Crippen molar-refractivity contribution in [2.75, 3.05) is 6.61 Å². The molecule has 0 amide bonds. The molecule has 0 heterocycles. The lowest BCUT2D eigenvalue weighted by molar-refractivity contribution is 0.0164. The fourth-order valence-corrected chi connectivity index (χ4v) is 0.726. The second-order valence-corrected chi connectivity index (χ2v) is 3.82. The van der Waals surface area contributed by atoms with Gasteiger partial charge >= 0.3 is 7.82 Å². The molecule has 7 heteroatoms. The minimum absolute atomic E-state index is 0. The maximum absolute atomic E-state index is 10.0. The Kier molecular flexibility index (Phi) is 5.14. The van der Waals surface area contributed by atoms with Crippen LogP contribution >= 0.6 is 7.82 Å². The number of aliphatic hydroxyl groups is 1. The van der Waals surface area contributed by atoms with E-state index in [2.05, 4.69) is 4.52 Å². The molecular weight excluding hydrogens is 173 g/mol. The standard InChI is InChI=1S/C4H11O5P.H3N/c1-4(2,5)3-9-10(6,7)8;/h5H,3H2,1-2H3,(H2,6,7,8);1H3. The third-order valence-corrected chi connectivity index (χ3v) is 1.05. The zero-order valence-electron chi connectivity index (χ0n) is 6.52. The van der Waals surface area contributed by atoms with Crippen LogP contribution in [0.1, 0.15) is 13.8 Å². The van der Waals surface area contributed by atoms with Crippen molar-refractivity contribution in [2.45, 2.75) is 19.4 Å². The summed E-state index contributed by atoms with van der Waals surface area (Å²) in [6.45, 7) is 2.41. The van der Waals surface area contributed by atoms with E-state index in [1.165, 1.54) is 13.8 Å². The first-order valence-corrected chi connectivity index (χ1v) is 4.16. The summed E-state index contributed by atoms with van der Waals surface area (Å²) in [5.74, 6) is 0. The van der Waals surface area contributed by atoms with Crippen LogP contribution in [0.15, 0.2) is 0 Å². The normalized spacial score (nSPS) is 12.5. The van der Waals surface area contributed by atoms with Crippen molar-refractivity contribution in [1.82, 2.24) is 6.15 Å². The van der Waals surface area contributed by atoms with E-state index in [0.29, 0.717) is 0 Å². The van der Waals surface area contributed by atoms with Crippen LogP contribution in [0.25, 0.3) is 0 Å². The number of phosphoric ester groups is 1. The van der Waals surface area contributed by atoms with Gasteiger partial charge in [0.05, 0.1) is 12.2 Å². The van der Waals surface area contributed by atoms with Gasteiger partial charge in [-0.15, -0.1) is 0 Å². The first-order valence-electron chi connectivity index (χ1n) is 2.63. The molecule has 0 atom stereocenters. The average molecular weight is 187 g/mol. The molecule has 0 fully saturated rings. The molecule has 0 aliphatic rings. The van der Waals surface area contributed by atoms with Gasteiger partial charge in [-0.25, -0.2) is 4.57 Å².